The Labute approximate surface area is 167 Å². The number of halogens is 1. The number of carbonyl (C=O) groups excluding carboxylic acids is 2. The van der Waals surface area contributed by atoms with Gasteiger partial charge < -0.3 is 24.8 Å². The van der Waals surface area contributed by atoms with Crippen molar-refractivity contribution in [1.29, 1.82) is 0 Å². The van der Waals surface area contributed by atoms with Crippen LogP contribution in [0, 0.1) is 5.92 Å². The molecule has 1 aliphatic heterocycles. The Balaban J connectivity index is 2.66. The Morgan fingerprint density at radius 2 is 1.81 bits per heavy atom. The highest BCUT2D eigenvalue weighted by Crippen LogP contribution is 2.42. The minimum absolute atomic E-state index is 0.0767. The zero-order valence-electron chi connectivity index (χ0n) is 16.3. The lowest BCUT2D eigenvalue weighted by atomic mass is 9.91. The maximum atomic E-state index is 12.9. The summed E-state index contributed by atoms with van der Waals surface area (Å²) in [6, 6.07) is 2.43. The van der Waals surface area contributed by atoms with Gasteiger partial charge in [-0.15, -0.1) is 0 Å². The van der Waals surface area contributed by atoms with Gasteiger partial charge in [0.1, 0.15) is 0 Å². The van der Waals surface area contributed by atoms with Gasteiger partial charge in [-0.3, -0.25) is 0 Å². The SMILES string of the molecule is COc1ccc(C2NC(=O)NC(C(C)C)=C2C(=O)OC(C)C)c(Br)c1OC. The van der Waals surface area contributed by atoms with Crippen LogP contribution in [0.5, 0.6) is 11.5 Å². The molecule has 2 rings (SSSR count). The van der Waals surface area contributed by atoms with E-state index in [0.717, 1.165) is 0 Å². The fourth-order valence-corrected chi connectivity index (χ4v) is 3.62. The number of hydrogen-bond acceptors (Lipinski definition) is 5. The minimum atomic E-state index is -0.698. The number of nitrogens with one attached hydrogen (secondary N) is 2. The molecule has 148 valence electrons. The van der Waals surface area contributed by atoms with E-state index in [1.165, 1.54) is 7.11 Å². The van der Waals surface area contributed by atoms with Crippen LogP contribution in [-0.4, -0.2) is 32.3 Å². The molecule has 1 unspecified atom stereocenters. The average Bonchev–Trinajstić information content (AvgIpc) is 2.59. The van der Waals surface area contributed by atoms with Crippen LogP contribution in [-0.2, 0) is 9.53 Å². The second kappa shape index (κ2) is 8.65. The van der Waals surface area contributed by atoms with Crippen LogP contribution in [0.25, 0.3) is 0 Å². The fraction of sp³-hybridized carbons (Fsp3) is 0.474. The summed E-state index contributed by atoms with van der Waals surface area (Å²) in [4.78, 5) is 25.1. The van der Waals surface area contributed by atoms with Gasteiger partial charge in [-0.05, 0) is 47.3 Å². The summed E-state index contributed by atoms with van der Waals surface area (Å²) < 4.78 is 16.8. The lowest BCUT2D eigenvalue weighted by molar-refractivity contribution is -0.143. The van der Waals surface area contributed by atoms with Crippen LogP contribution in [0.1, 0.15) is 39.3 Å². The molecule has 1 aromatic rings. The van der Waals surface area contributed by atoms with Crippen molar-refractivity contribution in [1.82, 2.24) is 10.6 Å². The Hall–Kier alpha value is -2.22. The molecule has 2 amide bonds. The number of hydrogen-bond donors (Lipinski definition) is 2. The maximum Gasteiger partial charge on any atom is 0.338 e. The van der Waals surface area contributed by atoms with Crippen LogP contribution in [0.3, 0.4) is 0 Å². The van der Waals surface area contributed by atoms with E-state index < -0.39 is 12.0 Å². The number of allylic oxidation sites excluding steroid dienone is 1. The van der Waals surface area contributed by atoms with Gasteiger partial charge in [0.15, 0.2) is 11.5 Å². The summed E-state index contributed by atoms with van der Waals surface area (Å²) in [6.45, 7) is 7.38. The van der Waals surface area contributed by atoms with Crippen molar-refractivity contribution in [2.75, 3.05) is 14.2 Å². The number of amides is 2. The topological polar surface area (TPSA) is 85.9 Å². The quantitative estimate of drug-likeness (QED) is 0.658. The van der Waals surface area contributed by atoms with Gasteiger partial charge in [0.05, 0.1) is 36.4 Å². The zero-order chi connectivity index (χ0) is 20.3. The number of esters is 1. The zero-order valence-corrected chi connectivity index (χ0v) is 17.9. The Bertz CT molecular complexity index is 774. The largest absolute Gasteiger partial charge is 0.493 e. The first kappa shape index (κ1) is 21.1. The number of benzene rings is 1. The van der Waals surface area contributed by atoms with Crippen molar-refractivity contribution in [2.45, 2.75) is 39.8 Å². The van der Waals surface area contributed by atoms with Gasteiger partial charge in [-0.1, -0.05) is 19.9 Å². The molecule has 0 aliphatic carbocycles. The molecule has 1 aliphatic rings. The van der Waals surface area contributed by atoms with Gasteiger partial charge in [-0.2, -0.15) is 0 Å². The molecule has 27 heavy (non-hydrogen) atoms. The second-order valence-corrected chi connectivity index (χ2v) is 7.46. The van der Waals surface area contributed by atoms with Gasteiger partial charge in [0.2, 0.25) is 0 Å². The third-order valence-electron chi connectivity index (χ3n) is 4.07. The summed E-state index contributed by atoms with van der Waals surface area (Å²) in [6.07, 6.45) is -0.287. The first-order valence-electron chi connectivity index (χ1n) is 8.64. The number of rotatable bonds is 6. The van der Waals surface area contributed by atoms with Gasteiger partial charge in [0.25, 0.3) is 0 Å². The smallest absolute Gasteiger partial charge is 0.338 e. The first-order chi connectivity index (χ1) is 12.7. The van der Waals surface area contributed by atoms with Crippen LogP contribution in [0.15, 0.2) is 27.9 Å². The monoisotopic (exact) mass is 440 g/mol. The third kappa shape index (κ3) is 4.37. The van der Waals surface area contributed by atoms with E-state index in [1.54, 1.807) is 33.1 Å². The fourth-order valence-electron chi connectivity index (χ4n) is 2.91. The molecule has 7 nitrogen and oxygen atoms in total. The third-order valence-corrected chi connectivity index (χ3v) is 4.89. The molecule has 1 aromatic carbocycles. The molecule has 1 heterocycles. The van der Waals surface area contributed by atoms with Crippen LogP contribution in [0.4, 0.5) is 4.79 Å². The van der Waals surface area contributed by atoms with E-state index in [9.17, 15) is 9.59 Å². The Morgan fingerprint density at radius 1 is 1.15 bits per heavy atom. The summed E-state index contributed by atoms with van der Waals surface area (Å²) in [5, 5.41) is 5.56. The molecule has 8 heteroatoms. The van der Waals surface area contributed by atoms with Crippen LogP contribution in [0.2, 0.25) is 0 Å². The van der Waals surface area contributed by atoms with E-state index >= 15 is 0 Å². The van der Waals surface area contributed by atoms with Crippen molar-refractivity contribution in [3.8, 4) is 11.5 Å². The van der Waals surface area contributed by atoms with E-state index in [4.69, 9.17) is 14.2 Å². The van der Waals surface area contributed by atoms with Crippen molar-refractivity contribution >= 4 is 27.9 Å². The summed E-state index contributed by atoms with van der Waals surface area (Å²) in [5.74, 6) is 0.457. The van der Waals surface area contributed by atoms with Crippen molar-refractivity contribution in [3.63, 3.8) is 0 Å². The van der Waals surface area contributed by atoms with Crippen molar-refractivity contribution in [2.24, 2.45) is 5.92 Å². The molecule has 0 saturated carbocycles. The Kier molecular flexibility index (Phi) is 6.75. The van der Waals surface area contributed by atoms with Crippen LogP contribution >= 0.6 is 15.9 Å². The molecular formula is C19H25BrN2O5. The van der Waals surface area contributed by atoms with E-state index in [2.05, 4.69) is 26.6 Å². The predicted molar refractivity (Wildman–Crippen MR) is 105 cm³/mol. The van der Waals surface area contributed by atoms with Gasteiger partial charge >= 0.3 is 12.0 Å². The lowest BCUT2D eigenvalue weighted by Gasteiger charge is -2.32. The molecule has 2 N–H and O–H groups in total. The van der Waals surface area contributed by atoms with Crippen molar-refractivity contribution in [3.05, 3.63) is 33.4 Å². The average molecular weight is 441 g/mol. The number of urea groups is 1. The van der Waals surface area contributed by atoms with E-state index in [1.807, 2.05) is 13.8 Å². The van der Waals surface area contributed by atoms with E-state index in [-0.39, 0.29) is 18.1 Å². The highest BCUT2D eigenvalue weighted by atomic mass is 79.9. The number of carbonyl (C=O) groups is 2. The highest BCUT2D eigenvalue weighted by Gasteiger charge is 2.36. The standard InChI is InChI=1S/C19H25BrN2O5/c1-9(2)15-13(18(23)27-10(3)4)16(22-19(24)21-15)11-7-8-12(25-5)17(26-6)14(11)20/h7-10,16H,1-6H3,(H2,21,22,24). The second-order valence-electron chi connectivity index (χ2n) is 6.67. The molecule has 0 fully saturated rings. The Morgan fingerprint density at radius 3 is 2.33 bits per heavy atom. The summed E-state index contributed by atoms with van der Waals surface area (Å²) >= 11 is 3.52. The highest BCUT2D eigenvalue weighted by molar-refractivity contribution is 9.10. The summed E-state index contributed by atoms with van der Waals surface area (Å²) in [7, 11) is 3.06. The van der Waals surface area contributed by atoms with E-state index in [0.29, 0.717) is 32.8 Å². The molecule has 0 radical (unpaired) electrons. The molecular weight excluding hydrogens is 416 g/mol. The predicted octanol–water partition coefficient (Wildman–Crippen LogP) is 3.68. The number of methoxy groups -OCH3 is 2. The normalized spacial score (nSPS) is 16.9. The molecule has 0 bridgehead atoms. The lowest BCUT2D eigenvalue weighted by Crippen LogP contribution is -2.47. The molecule has 1 atom stereocenters. The van der Waals surface area contributed by atoms with Gasteiger partial charge in [0, 0.05) is 5.70 Å². The molecule has 0 spiro atoms. The number of ether oxygens (including phenoxy) is 3. The van der Waals surface area contributed by atoms with Crippen LogP contribution < -0.4 is 20.1 Å². The molecule has 0 aromatic heterocycles. The summed E-state index contributed by atoms with van der Waals surface area (Å²) in [5.41, 5.74) is 1.57. The minimum Gasteiger partial charge on any atom is -0.493 e. The molecule has 0 saturated heterocycles. The maximum absolute atomic E-state index is 12.9. The first-order valence-corrected chi connectivity index (χ1v) is 9.43. The van der Waals surface area contributed by atoms with Crippen molar-refractivity contribution < 1.29 is 23.8 Å². The van der Waals surface area contributed by atoms with Gasteiger partial charge in [-0.25, -0.2) is 9.59 Å².